The van der Waals surface area contributed by atoms with E-state index in [0.717, 1.165) is 18.1 Å². The number of thioether (sulfide) groups is 1. The molecule has 1 aliphatic carbocycles. The van der Waals surface area contributed by atoms with Crippen LogP contribution in [-0.4, -0.2) is 42.1 Å². The van der Waals surface area contributed by atoms with Gasteiger partial charge in [-0.15, -0.1) is 0 Å². The first-order valence-electron chi connectivity index (χ1n) is 6.94. The Morgan fingerprint density at radius 3 is 2.42 bits per heavy atom. The maximum Gasteiger partial charge on any atom is 0.321 e. The van der Waals surface area contributed by atoms with E-state index in [4.69, 9.17) is 0 Å². The Labute approximate surface area is 119 Å². The molecule has 110 valence electrons. The zero-order valence-corrected chi connectivity index (χ0v) is 12.8. The van der Waals surface area contributed by atoms with Gasteiger partial charge in [0.1, 0.15) is 0 Å². The molecule has 0 spiro atoms. The lowest BCUT2D eigenvalue weighted by atomic mass is 9.94. The average molecular weight is 287 g/mol. The van der Waals surface area contributed by atoms with Gasteiger partial charge in [0, 0.05) is 17.8 Å². The minimum absolute atomic E-state index is 0.266. The summed E-state index contributed by atoms with van der Waals surface area (Å²) >= 11 is 1.93. The highest BCUT2D eigenvalue weighted by Gasteiger charge is 2.24. The number of hydrogen-bond donors (Lipinski definition) is 3. The minimum Gasteiger partial charge on any atom is -0.338 e. The van der Waals surface area contributed by atoms with Crippen LogP contribution < -0.4 is 16.0 Å². The van der Waals surface area contributed by atoms with Crippen LogP contribution in [0.1, 0.15) is 39.5 Å². The molecule has 1 fully saturated rings. The van der Waals surface area contributed by atoms with Crippen molar-refractivity contribution in [3.63, 3.8) is 0 Å². The van der Waals surface area contributed by atoms with E-state index in [1.165, 1.54) is 12.8 Å². The Bertz CT molecular complexity index is 304. The highest BCUT2D eigenvalue weighted by atomic mass is 32.2. The first kappa shape index (κ1) is 16.3. The maximum atomic E-state index is 11.8. The van der Waals surface area contributed by atoms with Gasteiger partial charge in [-0.25, -0.2) is 4.79 Å². The first-order chi connectivity index (χ1) is 9.06. The molecule has 0 aromatic rings. The van der Waals surface area contributed by atoms with Crippen molar-refractivity contribution in [2.75, 3.05) is 12.8 Å². The standard InChI is InChI=1S/C13H25N3O2S/c1-4-14-13(18)16-12(17)9(2)15-10-5-7-11(19-3)8-6-10/h9-11,15H,4-8H2,1-3H3,(H2,14,16,17,18). The molecule has 6 heteroatoms. The third-order valence-electron chi connectivity index (χ3n) is 3.46. The fraction of sp³-hybridized carbons (Fsp3) is 0.846. The molecule has 19 heavy (non-hydrogen) atoms. The smallest absolute Gasteiger partial charge is 0.321 e. The SMILES string of the molecule is CCNC(=O)NC(=O)C(C)NC1CCC(SC)CC1. The van der Waals surface area contributed by atoms with Gasteiger partial charge in [-0.05, 0) is 45.8 Å². The van der Waals surface area contributed by atoms with Crippen molar-refractivity contribution >= 4 is 23.7 Å². The second-order valence-corrected chi connectivity index (χ2v) is 6.08. The predicted molar refractivity (Wildman–Crippen MR) is 79.4 cm³/mol. The van der Waals surface area contributed by atoms with Gasteiger partial charge in [-0.1, -0.05) is 0 Å². The molecule has 0 aliphatic heterocycles. The molecule has 5 nitrogen and oxygen atoms in total. The van der Waals surface area contributed by atoms with E-state index in [-0.39, 0.29) is 11.9 Å². The molecule has 0 heterocycles. The molecule has 1 atom stereocenters. The number of hydrogen-bond acceptors (Lipinski definition) is 4. The Morgan fingerprint density at radius 1 is 1.26 bits per heavy atom. The number of carbonyl (C=O) groups excluding carboxylic acids is 2. The summed E-state index contributed by atoms with van der Waals surface area (Å²) in [5, 5.41) is 8.95. The third kappa shape index (κ3) is 5.82. The second kappa shape index (κ2) is 8.43. The van der Waals surface area contributed by atoms with Gasteiger partial charge >= 0.3 is 6.03 Å². The Hall–Kier alpha value is -0.750. The quantitative estimate of drug-likeness (QED) is 0.716. The average Bonchev–Trinajstić information content (AvgIpc) is 2.39. The highest BCUT2D eigenvalue weighted by Crippen LogP contribution is 2.26. The number of carbonyl (C=O) groups is 2. The summed E-state index contributed by atoms with van der Waals surface area (Å²) in [5.74, 6) is -0.266. The van der Waals surface area contributed by atoms with Crippen LogP contribution in [0.5, 0.6) is 0 Å². The Morgan fingerprint density at radius 2 is 1.89 bits per heavy atom. The number of imide groups is 1. The summed E-state index contributed by atoms with van der Waals surface area (Å²) in [4.78, 5) is 23.0. The summed E-state index contributed by atoms with van der Waals surface area (Å²) in [6, 6.07) is -0.371. The molecule has 1 saturated carbocycles. The molecule has 0 saturated heterocycles. The van der Waals surface area contributed by atoms with E-state index >= 15 is 0 Å². The fourth-order valence-electron chi connectivity index (χ4n) is 2.32. The van der Waals surface area contributed by atoms with Crippen LogP contribution in [0.25, 0.3) is 0 Å². The molecule has 1 aliphatic rings. The van der Waals surface area contributed by atoms with E-state index in [9.17, 15) is 9.59 Å². The summed E-state index contributed by atoms with van der Waals surface area (Å²) in [7, 11) is 0. The van der Waals surface area contributed by atoms with Crippen molar-refractivity contribution in [3.8, 4) is 0 Å². The van der Waals surface area contributed by atoms with Gasteiger partial charge in [0.25, 0.3) is 0 Å². The van der Waals surface area contributed by atoms with Crippen LogP contribution in [-0.2, 0) is 4.79 Å². The zero-order chi connectivity index (χ0) is 14.3. The number of amides is 3. The van der Waals surface area contributed by atoms with Gasteiger partial charge in [0.15, 0.2) is 0 Å². The third-order valence-corrected chi connectivity index (χ3v) is 4.60. The minimum atomic E-state index is -0.424. The number of nitrogens with one attached hydrogen (secondary N) is 3. The van der Waals surface area contributed by atoms with E-state index in [1.54, 1.807) is 6.92 Å². The molecule has 0 bridgehead atoms. The maximum absolute atomic E-state index is 11.8. The van der Waals surface area contributed by atoms with Gasteiger partial charge in [0.2, 0.25) is 5.91 Å². The van der Waals surface area contributed by atoms with Crippen molar-refractivity contribution in [2.45, 2.75) is 56.9 Å². The first-order valence-corrected chi connectivity index (χ1v) is 8.23. The Kier molecular flexibility index (Phi) is 7.23. The lowest BCUT2D eigenvalue weighted by Gasteiger charge is -2.30. The lowest BCUT2D eigenvalue weighted by molar-refractivity contribution is -0.121. The van der Waals surface area contributed by atoms with E-state index in [1.807, 2.05) is 18.7 Å². The topological polar surface area (TPSA) is 70.2 Å². The normalized spacial score (nSPS) is 24.6. The molecule has 0 aromatic heterocycles. The fourth-order valence-corrected chi connectivity index (χ4v) is 3.06. The summed E-state index contributed by atoms with van der Waals surface area (Å²) in [6.45, 7) is 4.13. The van der Waals surface area contributed by atoms with Crippen LogP contribution >= 0.6 is 11.8 Å². The largest absolute Gasteiger partial charge is 0.338 e. The number of urea groups is 1. The van der Waals surface area contributed by atoms with Crippen LogP contribution in [0.4, 0.5) is 4.79 Å². The van der Waals surface area contributed by atoms with Crippen LogP contribution in [0.3, 0.4) is 0 Å². The van der Waals surface area contributed by atoms with Crippen molar-refractivity contribution in [1.82, 2.24) is 16.0 Å². The molecule has 3 N–H and O–H groups in total. The zero-order valence-electron chi connectivity index (χ0n) is 12.0. The summed E-state index contributed by atoms with van der Waals surface area (Å²) in [5.41, 5.74) is 0. The van der Waals surface area contributed by atoms with E-state index in [0.29, 0.717) is 12.6 Å². The van der Waals surface area contributed by atoms with Crippen molar-refractivity contribution < 1.29 is 9.59 Å². The summed E-state index contributed by atoms with van der Waals surface area (Å²) in [6.07, 6.45) is 6.75. The molecule has 1 rings (SSSR count). The van der Waals surface area contributed by atoms with Crippen molar-refractivity contribution in [1.29, 1.82) is 0 Å². The Balaban J connectivity index is 2.28. The van der Waals surface area contributed by atoms with Crippen LogP contribution in [0.15, 0.2) is 0 Å². The van der Waals surface area contributed by atoms with E-state index in [2.05, 4.69) is 22.2 Å². The van der Waals surface area contributed by atoms with Gasteiger partial charge in [-0.2, -0.15) is 11.8 Å². The van der Waals surface area contributed by atoms with Gasteiger partial charge in [-0.3, -0.25) is 10.1 Å². The van der Waals surface area contributed by atoms with Gasteiger partial charge < -0.3 is 10.6 Å². The van der Waals surface area contributed by atoms with E-state index < -0.39 is 6.03 Å². The lowest BCUT2D eigenvalue weighted by Crippen LogP contribution is -2.51. The molecular weight excluding hydrogens is 262 g/mol. The molecule has 0 radical (unpaired) electrons. The van der Waals surface area contributed by atoms with Crippen LogP contribution in [0.2, 0.25) is 0 Å². The van der Waals surface area contributed by atoms with Crippen LogP contribution in [0, 0.1) is 0 Å². The van der Waals surface area contributed by atoms with Crippen molar-refractivity contribution in [3.05, 3.63) is 0 Å². The van der Waals surface area contributed by atoms with Gasteiger partial charge in [0.05, 0.1) is 6.04 Å². The highest BCUT2D eigenvalue weighted by molar-refractivity contribution is 7.99. The summed E-state index contributed by atoms with van der Waals surface area (Å²) < 4.78 is 0. The molecular formula is C13H25N3O2S. The molecule has 1 unspecified atom stereocenters. The molecule has 3 amide bonds. The predicted octanol–water partition coefficient (Wildman–Crippen LogP) is 1.48. The monoisotopic (exact) mass is 287 g/mol. The second-order valence-electron chi connectivity index (χ2n) is 4.95. The van der Waals surface area contributed by atoms with Crippen molar-refractivity contribution in [2.24, 2.45) is 0 Å². The number of rotatable bonds is 5. The molecule has 0 aromatic carbocycles.